The van der Waals surface area contributed by atoms with Gasteiger partial charge in [0.1, 0.15) is 10.7 Å². The third-order valence-electron chi connectivity index (χ3n) is 2.08. The van der Waals surface area contributed by atoms with Crippen LogP contribution in [-0.2, 0) is 0 Å². The Balaban J connectivity index is 2.27. The molecule has 1 unspecified atom stereocenters. The molecule has 1 atom stereocenters. The average molecular weight is 240 g/mol. The van der Waals surface area contributed by atoms with Gasteiger partial charge in [-0.25, -0.2) is 4.98 Å². The maximum Gasteiger partial charge on any atom is 0.167 e. The Labute approximate surface area is 96.4 Å². The zero-order valence-corrected chi connectivity index (χ0v) is 10.4. The summed E-state index contributed by atoms with van der Waals surface area (Å²) in [5.41, 5.74) is 0.935. The molecule has 0 aliphatic heterocycles. The van der Waals surface area contributed by atoms with Crippen molar-refractivity contribution in [3.63, 3.8) is 0 Å². The third-order valence-corrected chi connectivity index (χ3v) is 3.98. The van der Waals surface area contributed by atoms with Crippen molar-refractivity contribution >= 4 is 22.7 Å². The molecule has 15 heavy (non-hydrogen) atoms. The van der Waals surface area contributed by atoms with Gasteiger partial charge in [-0.15, -0.1) is 21.5 Å². The molecule has 0 aromatic carbocycles. The molecule has 2 heterocycles. The minimum absolute atomic E-state index is 0.246. The molecule has 0 amide bonds. The highest BCUT2D eigenvalue weighted by Crippen LogP contribution is 2.27. The molecule has 0 saturated carbocycles. The van der Waals surface area contributed by atoms with Crippen molar-refractivity contribution in [2.75, 3.05) is 7.05 Å². The van der Waals surface area contributed by atoms with E-state index in [4.69, 9.17) is 0 Å². The van der Waals surface area contributed by atoms with Gasteiger partial charge in [-0.2, -0.15) is 0 Å². The van der Waals surface area contributed by atoms with E-state index in [0.717, 1.165) is 20.7 Å². The van der Waals surface area contributed by atoms with Gasteiger partial charge in [0.15, 0.2) is 5.01 Å². The van der Waals surface area contributed by atoms with E-state index in [1.807, 2.05) is 19.4 Å². The van der Waals surface area contributed by atoms with Gasteiger partial charge in [-0.05, 0) is 20.9 Å². The Morgan fingerprint density at radius 1 is 1.40 bits per heavy atom. The monoisotopic (exact) mass is 240 g/mol. The molecule has 0 radical (unpaired) electrons. The van der Waals surface area contributed by atoms with Crippen molar-refractivity contribution < 1.29 is 0 Å². The van der Waals surface area contributed by atoms with Gasteiger partial charge < -0.3 is 5.32 Å². The summed E-state index contributed by atoms with van der Waals surface area (Å²) in [5, 5.41) is 16.4. The van der Waals surface area contributed by atoms with Gasteiger partial charge in [-0.1, -0.05) is 11.3 Å². The van der Waals surface area contributed by atoms with Crippen LogP contribution in [0.15, 0.2) is 5.38 Å². The lowest BCUT2D eigenvalue weighted by molar-refractivity contribution is 0.640. The van der Waals surface area contributed by atoms with Crippen LogP contribution in [0.4, 0.5) is 0 Å². The topological polar surface area (TPSA) is 50.7 Å². The van der Waals surface area contributed by atoms with Crippen LogP contribution in [0, 0.1) is 6.92 Å². The molecule has 1 N–H and O–H groups in total. The number of hydrogen-bond donors (Lipinski definition) is 1. The first-order chi connectivity index (χ1) is 7.20. The SMILES string of the molecule is CNC(C)c1nnc(-c2csc(C)n2)s1. The number of aryl methyl sites for hydroxylation is 1. The Morgan fingerprint density at radius 2 is 2.20 bits per heavy atom. The van der Waals surface area contributed by atoms with Gasteiger partial charge in [0.05, 0.1) is 11.0 Å². The molecule has 0 aliphatic carbocycles. The van der Waals surface area contributed by atoms with Crippen LogP contribution in [0.5, 0.6) is 0 Å². The first-order valence-electron chi connectivity index (χ1n) is 4.64. The second-order valence-corrected chi connectivity index (χ2v) is 5.28. The largest absolute Gasteiger partial charge is 0.311 e. The zero-order chi connectivity index (χ0) is 10.8. The van der Waals surface area contributed by atoms with E-state index in [9.17, 15) is 0 Å². The fourth-order valence-electron chi connectivity index (χ4n) is 1.10. The lowest BCUT2D eigenvalue weighted by Crippen LogP contribution is -2.11. The molecule has 80 valence electrons. The van der Waals surface area contributed by atoms with E-state index < -0.39 is 0 Å². The number of nitrogens with zero attached hydrogens (tertiary/aromatic N) is 3. The van der Waals surface area contributed by atoms with Crippen molar-refractivity contribution in [3.05, 3.63) is 15.4 Å². The summed E-state index contributed by atoms with van der Waals surface area (Å²) in [6.07, 6.45) is 0. The second kappa shape index (κ2) is 4.34. The molecule has 2 aromatic heterocycles. The summed E-state index contributed by atoms with van der Waals surface area (Å²) in [6.45, 7) is 4.06. The average Bonchev–Trinajstić information content (AvgIpc) is 2.84. The summed E-state index contributed by atoms with van der Waals surface area (Å²) in [4.78, 5) is 4.39. The van der Waals surface area contributed by atoms with E-state index in [1.165, 1.54) is 0 Å². The number of hydrogen-bond acceptors (Lipinski definition) is 6. The second-order valence-electron chi connectivity index (χ2n) is 3.21. The predicted octanol–water partition coefficient (Wildman–Crippen LogP) is 2.25. The molecule has 0 bridgehead atoms. The quantitative estimate of drug-likeness (QED) is 0.894. The van der Waals surface area contributed by atoms with Crippen molar-refractivity contribution in [1.82, 2.24) is 20.5 Å². The Morgan fingerprint density at radius 3 is 2.80 bits per heavy atom. The van der Waals surface area contributed by atoms with Gasteiger partial charge >= 0.3 is 0 Å². The highest BCUT2D eigenvalue weighted by Gasteiger charge is 2.12. The molecule has 6 heteroatoms. The van der Waals surface area contributed by atoms with Gasteiger partial charge in [0, 0.05) is 5.38 Å². The Kier molecular flexibility index (Phi) is 3.08. The lowest BCUT2D eigenvalue weighted by atomic mass is 10.4. The Bertz CT molecular complexity index is 448. The summed E-state index contributed by atoms with van der Waals surface area (Å²) in [7, 11) is 1.92. The fourth-order valence-corrected chi connectivity index (χ4v) is 2.64. The molecular formula is C9H12N4S2. The van der Waals surface area contributed by atoms with E-state index in [1.54, 1.807) is 22.7 Å². The van der Waals surface area contributed by atoms with E-state index in [2.05, 4.69) is 27.4 Å². The summed E-state index contributed by atoms with van der Waals surface area (Å²) < 4.78 is 0. The smallest absolute Gasteiger partial charge is 0.167 e. The van der Waals surface area contributed by atoms with Crippen molar-refractivity contribution in [3.8, 4) is 10.7 Å². The number of thiazole rings is 1. The summed E-state index contributed by atoms with van der Waals surface area (Å²) in [6, 6.07) is 0.246. The molecule has 0 spiro atoms. The van der Waals surface area contributed by atoms with Gasteiger partial charge in [-0.3, -0.25) is 0 Å². The summed E-state index contributed by atoms with van der Waals surface area (Å²) >= 11 is 3.23. The minimum atomic E-state index is 0.246. The maximum absolute atomic E-state index is 4.39. The maximum atomic E-state index is 4.39. The molecule has 2 rings (SSSR count). The summed E-state index contributed by atoms with van der Waals surface area (Å²) in [5.74, 6) is 0. The van der Waals surface area contributed by atoms with Crippen molar-refractivity contribution in [2.24, 2.45) is 0 Å². The van der Waals surface area contributed by atoms with Crippen LogP contribution in [0.2, 0.25) is 0 Å². The highest BCUT2D eigenvalue weighted by molar-refractivity contribution is 7.15. The van der Waals surface area contributed by atoms with Crippen LogP contribution in [0.25, 0.3) is 10.7 Å². The van der Waals surface area contributed by atoms with Crippen LogP contribution >= 0.6 is 22.7 Å². The number of rotatable bonds is 3. The standard InChI is InChI=1S/C9H12N4S2/c1-5(10-3)8-12-13-9(15-8)7-4-14-6(2)11-7/h4-5,10H,1-3H3. The predicted molar refractivity (Wildman–Crippen MR) is 63.2 cm³/mol. The van der Waals surface area contributed by atoms with Crippen LogP contribution in [0.1, 0.15) is 23.0 Å². The molecular weight excluding hydrogens is 228 g/mol. The number of aromatic nitrogens is 3. The van der Waals surface area contributed by atoms with Crippen LogP contribution in [0.3, 0.4) is 0 Å². The van der Waals surface area contributed by atoms with E-state index in [0.29, 0.717) is 0 Å². The minimum Gasteiger partial charge on any atom is -0.311 e. The first-order valence-corrected chi connectivity index (χ1v) is 6.33. The molecule has 2 aromatic rings. The molecule has 0 aliphatic rings. The molecule has 0 fully saturated rings. The number of nitrogens with one attached hydrogen (secondary N) is 1. The van der Waals surface area contributed by atoms with Crippen molar-refractivity contribution in [1.29, 1.82) is 0 Å². The highest BCUT2D eigenvalue weighted by atomic mass is 32.1. The lowest BCUT2D eigenvalue weighted by Gasteiger charge is -2.02. The normalized spacial score (nSPS) is 13.0. The van der Waals surface area contributed by atoms with Crippen LogP contribution in [-0.4, -0.2) is 22.2 Å². The van der Waals surface area contributed by atoms with Gasteiger partial charge in [0.2, 0.25) is 0 Å². The van der Waals surface area contributed by atoms with Crippen molar-refractivity contribution in [2.45, 2.75) is 19.9 Å². The van der Waals surface area contributed by atoms with Crippen LogP contribution < -0.4 is 5.32 Å². The Hall–Kier alpha value is -0.850. The van der Waals surface area contributed by atoms with E-state index >= 15 is 0 Å². The van der Waals surface area contributed by atoms with Gasteiger partial charge in [0.25, 0.3) is 0 Å². The zero-order valence-electron chi connectivity index (χ0n) is 8.81. The first kappa shape index (κ1) is 10.7. The fraction of sp³-hybridized carbons (Fsp3) is 0.444. The molecule has 0 saturated heterocycles. The van der Waals surface area contributed by atoms with E-state index in [-0.39, 0.29) is 6.04 Å². The third kappa shape index (κ3) is 2.22. The molecule has 4 nitrogen and oxygen atoms in total.